The van der Waals surface area contributed by atoms with Crippen molar-refractivity contribution in [3.8, 4) is 0 Å². The van der Waals surface area contributed by atoms with Crippen molar-refractivity contribution < 1.29 is 13.2 Å². The molecule has 2 heterocycles. The standard InChI is InChI=1S/C16H25NO3S2/c1-12-8-10-21-14(12)5-6-15(18)17-9-7-13(11-17)22(19,20)16(2,3)4/h8,10,13H,5-7,9,11H2,1-4H3/t13-/m0/s1. The number of carbonyl (C=O) groups excluding carboxylic acids is 1. The zero-order valence-corrected chi connectivity index (χ0v) is 15.4. The third-order valence-electron chi connectivity index (χ3n) is 4.32. The first-order chi connectivity index (χ1) is 10.1. The third-order valence-corrected chi connectivity index (χ3v) is 8.38. The number of likely N-dealkylation sites (tertiary alicyclic amines) is 1. The summed E-state index contributed by atoms with van der Waals surface area (Å²) in [4.78, 5) is 15.3. The fourth-order valence-electron chi connectivity index (χ4n) is 2.75. The lowest BCUT2D eigenvalue weighted by Crippen LogP contribution is -2.39. The number of aryl methyl sites for hydroxylation is 2. The van der Waals surface area contributed by atoms with Crippen LogP contribution in [0, 0.1) is 6.92 Å². The highest BCUT2D eigenvalue weighted by Crippen LogP contribution is 2.27. The van der Waals surface area contributed by atoms with Gasteiger partial charge in [-0.05, 0) is 57.5 Å². The summed E-state index contributed by atoms with van der Waals surface area (Å²) in [5.41, 5.74) is 1.23. The van der Waals surface area contributed by atoms with Crippen molar-refractivity contribution >= 4 is 27.1 Å². The van der Waals surface area contributed by atoms with Gasteiger partial charge >= 0.3 is 0 Å². The van der Waals surface area contributed by atoms with E-state index in [1.165, 1.54) is 10.4 Å². The number of hydrogen-bond donors (Lipinski definition) is 0. The van der Waals surface area contributed by atoms with Crippen LogP contribution in [0.2, 0.25) is 0 Å². The summed E-state index contributed by atoms with van der Waals surface area (Å²) in [6.45, 7) is 8.15. The molecule has 1 atom stereocenters. The quantitative estimate of drug-likeness (QED) is 0.845. The summed E-state index contributed by atoms with van der Waals surface area (Å²) in [5, 5.41) is 1.62. The molecular weight excluding hydrogens is 318 g/mol. The van der Waals surface area contributed by atoms with E-state index in [1.807, 2.05) is 5.38 Å². The molecule has 2 rings (SSSR count). The highest BCUT2D eigenvalue weighted by molar-refractivity contribution is 7.93. The molecule has 1 fully saturated rings. The Morgan fingerprint density at radius 1 is 1.41 bits per heavy atom. The molecule has 4 nitrogen and oxygen atoms in total. The molecule has 1 amide bonds. The molecular formula is C16H25NO3S2. The van der Waals surface area contributed by atoms with Crippen molar-refractivity contribution in [1.29, 1.82) is 0 Å². The average Bonchev–Trinajstić information content (AvgIpc) is 3.04. The van der Waals surface area contributed by atoms with Crippen LogP contribution in [0.1, 0.15) is 44.1 Å². The number of hydrogen-bond acceptors (Lipinski definition) is 4. The normalized spacial score (nSPS) is 19.6. The van der Waals surface area contributed by atoms with Crippen molar-refractivity contribution in [1.82, 2.24) is 4.90 Å². The summed E-state index contributed by atoms with van der Waals surface area (Å²) in [5.74, 6) is 0.0689. The maximum Gasteiger partial charge on any atom is 0.222 e. The largest absolute Gasteiger partial charge is 0.341 e. The van der Waals surface area contributed by atoms with Crippen LogP contribution in [-0.2, 0) is 21.1 Å². The fraction of sp³-hybridized carbons (Fsp3) is 0.688. The van der Waals surface area contributed by atoms with Gasteiger partial charge in [-0.2, -0.15) is 0 Å². The monoisotopic (exact) mass is 343 g/mol. The maximum absolute atomic E-state index is 12.5. The van der Waals surface area contributed by atoms with Crippen molar-refractivity contribution in [3.63, 3.8) is 0 Å². The van der Waals surface area contributed by atoms with Gasteiger partial charge in [0.2, 0.25) is 5.91 Å². The molecule has 0 saturated carbocycles. The summed E-state index contributed by atoms with van der Waals surface area (Å²) >= 11 is 1.68. The van der Waals surface area contributed by atoms with Crippen LogP contribution in [-0.4, -0.2) is 42.3 Å². The molecule has 1 aliphatic rings. The van der Waals surface area contributed by atoms with Gasteiger partial charge in [0.05, 0.1) is 10.00 Å². The summed E-state index contributed by atoms with van der Waals surface area (Å²) in [6.07, 6.45) is 1.77. The lowest BCUT2D eigenvalue weighted by Gasteiger charge is -2.24. The fourth-order valence-corrected chi connectivity index (χ4v) is 5.45. The third kappa shape index (κ3) is 3.54. The van der Waals surface area contributed by atoms with Crippen LogP contribution in [0.25, 0.3) is 0 Å². The molecule has 0 N–H and O–H groups in total. The number of nitrogens with zero attached hydrogens (tertiary/aromatic N) is 1. The van der Waals surface area contributed by atoms with E-state index >= 15 is 0 Å². The smallest absolute Gasteiger partial charge is 0.222 e. The maximum atomic E-state index is 12.5. The minimum Gasteiger partial charge on any atom is -0.341 e. The van der Waals surface area contributed by atoms with E-state index < -0.39 is 19.8 Å². The Balaban J connectivity index is 1.93. The van der Waals surface area contributed by atoms with Gasteiger partial charge in [0.25, 0.3) is 0 Å². The molecule has 0 unspecified atom stereocenters. The zero-order valence-electron chi connectivity index (χ0n) is 13.8. The highest BCUT2D eigenvalue weighted by Gasteiger charge is 2.41. The number of sulfone groups is 1. The van der Waals surface area contributed by atoms with E-state index in [2.05, 4.69) is 13.0 Å². The second kappa shape index (κ2) is 6.32. The lowest BCUT2D eigenvalue weighted by atomic mass is 10.2. The number of amides is 1. The van der Waals surface area contributed by atoms with Crippen molar-refractivity contribution in [2.45, 2.75) is 57.0 Å². The molecule has 1 saturated heterocycles. The topological polar surface area (TPSA) is 54.5 Å². The lowest BCUT2D eigenvalue weighted by molar-refractivity contribution is -0.130. The molecule has 0 aromatic carbocycles. The molecule has 1 aromatic rings. The second-order valence-electron chi connectivity index (χ2n) is 6.93. The number of thiophene rings is 1. The Morgan fingerprint density at radius 3 is 2.64 bits per heavy atom. The predicted octanol–water partition coefficient (Wildman–Crippen LogP) is 2.80. The summed E-state index contributed by atoms with van der Waals surface area (Å²) in [6, 6.07) is 2.06. The van der Waals surface area contributed by atoms with Gasteiger partial charge in [0, 0.05) is 24.4 Å². The second-order valence-corrected chi connectivity index (χ2v) is 10.9. The van der Waals surface area contributed by atoms with Gasteiger partial charge in [-0.1, -0.05) is 0 Å². The summed E-state index contributed by atoms with van der Waals surface area (Å²) < 4.78 is 24.2. The summed E-state index contributed by atoms with van der Waals surface area (Å²) in [7, 11) is -3.20. The molecule has 124 valence electrons. The van der Waals surface area contributed by atoms with Crippen LogP contribution < -0.4 is 0 Å². The Kier molecular flexibility index (Phi) is 5.02. The van der Waals surface area contributed by atoms with Gasteiger partial charge in [-0.15, -0.1) is 11.3 Å². The molecule has 6 heteroatoms. The molecule has 0 spiro atoms. The predicted molar refractivity (Wildman–Crippen MR) is 91.0 cm³/mol. The van der Waals surface area contributed by atoms with Crippen LogP contribution >= 0.6 is 11.3 Å². The number of carbonyl (C=O) groups is 1. The van der Waals surface area contributed by atoms with Gasteiger partial charge < -0.3 is 4.90 Å². The molecule has 0 bridgehead atoms. The van der Waals surface area contributed by atoms with E-state index in [9.17, 15) is 13.2 Å². The first-order valence-corrected chi connectivity index (χ1v) is 10.1. The van der Waals surface area contributed by atoms with E-state index in [-0.39, 0.29) is 5.91 Å². The minimum atomic E-state index is -3.20. The van der Waals surface area contributed by atoms with Crippen LogP contribution in [0.5, 0.6) is 0 Å². The Bertz CT molecular complexity index is 641. The van der Waals surface area contributed by atoms with Crippen molar-refractivity contribution in [2.24, 2.45) is 0 Å². The molecule has 0 radical (unpaired) electrons. The van der Waals surface area contributed by atoms with E-state index in [0.717, 1.165) is 6.42 Å². The first-order valence-electron chi connectivity index (χ1n) is 7.67. The minimum absolute atomic E-state index is 0.0689. The van der Waals surface area contributed by atoms with Gasteiger partial charge in [-0.3, -0.25) is 4.79 Å². The van der Waals surface area contributed by atoms with E-state index in [1.54, 1.807) is 37.0 Å². The SMILES string of the molecule is Cc1ccsc1CCC(=O)N1CC[C@H](S(=O)(=O)C(C)(C)C)C1. The van der Waals surface area contributed by atoms with Crippen LogP contribution in [0.3, 0.4) is 0 Å². The number of rotatable bonds is 4. The van der Waals surface area contributed by atoms with Gasteiger partial charge in [0.1, 0.15) is 0 Å². The highest BCUT2D eigenvalue weighted by atomic mass is 32.2. The molecule has 0 aliphatic carbocycles. The van der Waals surface area contributed by atoms with Crippen LogP contribution in [0.15, 0.2) is 11.4 Å². The van der Waals surface area contributed by atoms with Crippen molar-refractivity contribution in [3.05, 3.63) is 21.9 Å². The Hall–Kier alpha value is -0.880. The zero-order chi connectivity index (χ0) is 16.5. The van der Waals surface area contributed by atoms with Crippen LogP contribution in [0.4, 0.5) is 0 Å². The van der Waals surface area contributed by atoms with Gasteiger partial charge in [-0.25, -0.2) is 8.42 Å². The molecule has 22 heavy (non-hydrogen) atoms. The molecule has 1 aliphatic heterocycles. The van der Waals surface area contributed by atoms with Gasteiger partial charge in [0.15, 0.2) is 9.84 Å². The van der Waals surface area contributed by atoms with Crippen molar-refractivity contribution in [2.75, 3.05) is 13.1 Å². The molecule has 1 aromatic heterocycles. The first kappa shape index (κ1) is 17.5. The van der Waals surface area contributed by atoms with E-state index in [0.29, 0.717) is 25.9 Å². The Morgan fingerprint density at radius 2 is 2.09 bits per heavy atom. The van der Waals surface area contributed by atoms with E-state index in [4.69, 9.17) is 0 Å². The Labute approximate surface area is 137 Å². The average molecular weight is 344 g/mol.